The molecule has 5 nitrogen and oxygen atoms in total. The standard InChI is InChI=1S/C15H20BrN3O2/c1-20-13-8-7-11(10-12(13)16)15-18-14(21-19-15)6-4-2-3-5-9-17/h7-8,10H,2-6,9,17H2,1H3. The molecule has 0 saturated heterocycles. The van der Waals surface area contributed by atoms with Crippen molar-refractivity contribution in [3.8, 4) is 17.1 Å². The van der Waals surface area contributed by atoms with E-state index in [-0.39, 0.29) is 0 Å². The lowest BCUT2D eigenvalue weighted by atomic mass is 10.1. The second-order valence-electron chi connectivity index (χ2n) is 4.81. The number of rotatable bonds is 8. The van der Waals surface area contributed by atoms with E-state index in [4.69, 9.17) is 15.0 Å². The molecule has 0 aliphatic heterocycles. The summed E-state index contributed by atoms with van der Waals surface area (Å²) in [6, 6.07) is 5.72. The lowest BCUT2D eigenvalue weighted by Crippen LogP contribution is -1.97. The third-order valence-corrected chi connectivity index (χ3v) is 3.84. The van der Waals surface area contributed by atoms with E-state index in [0.29, 0.717) is 11.7 Å². The van der Waals surface area contributed by atoms with Crippen molar-refractivity contribution in [2.75, 3.05) is 13.7 Å². The van der Waals surface area contributed by atoms with Crippen LogP contribution in [0.3, 0.4) is 0 Å². The largest absolute Gasteiger partial charge is 0.496 e. The lowest BCUT2D eigenvalue weighted by Gasteiger charge is -2.03. The zero-order valence-electron chi connectivity index (χ0n) is 12.1. The molecule has 0 unspecified atom stereocenters. The van der Waals surface area contributed by atoms with Gasteiger partial charge in [-0.1, -0.05) is 18.0 Å². The molecule has 0 aliphatic carbocycles. The van der Waals surface area contributed by atoms with Crippen molar-refractivity contribution in [2.45, 2.75) is 32.1 Å². The molecule has 1 heterocycles. The Morgan fingerprint density at radius 3 is 2.76 bits per heavy atom. The van der Waals surface area contributed by atoms with Gasteiger partial charge in [0, 0.05) is 12.0 Å². The molecule has 2 aromatic rings. The van der Waals surface area contributed by atoms with Gasteiger partial charge in [-0.3, -0.25) is 0 Å². The first kappa shape index (κ1) is 16.0. The van der Waals surface area contributed by atoms with Crippen LogP contribution >= 0.6 is 15.9 Å². The molecule has 0 amide bonds. The molecule has 2 N–H and O–H groups in total. The highest BCUT2D eigenvalue weighted by molar-refractivity contribution is 9.10. The van der Waals surface area contributed by atoms with Crippen LogP contribution in [-0.2, 0) is 6.42 Å². The van der Waals surface area contributed by atoms with Crippen molar-refractivity contribution in [3.63, 3.8) is 0 Å². The molecule has 0 bridgehead atoms. The SMILES string of the molecule is COc1ccc(-c2noc(CCCCCCN)n2)cc1Br. The molecule has 0 atom stereocenters. The summed E-state index contributed by atoms with van der Waals surface area (Å²) in [5, 5.41) is 4.03. The van der Waals surface area contributed by atoms with E-state index in [2.05, 4.69) is 26.1 Å². The molecule has 6 heteroatoms. The molecule has 114 valence electrons. The quantitative estimate of drug-likeness (QED) is 0.734. The van der Waals surface area contributed by atoms with Crippen molar-refractivity contribution in [1.29, 1.82) is 0 Å². The van der Waals surface area contributed by atoms with Crippen molar-refractivity contribution in [2.24, 2.45) is 5.73 Å². The summed E-state index contributed by atoms with van der Waals surface area (Å²) in [7, 11) is 1.64. The van der Waals surface area contributed by atoms with Crippen LogP contribution in [0.4, 0.5) is 0 Å². The average Bonchev–Trinajstić information content (AvgIpc) is 2.96. The third-order valence-electron chi connectivity index (χ3n) is 3.22. The highest BCUT2D eigenvalue weighted by atomic mass is 79.9. The van der Waals surface area contributed by atoms with Crippen molar-refractivity contribution < 1.29 is 9.26 Å². The number of nitrogens with zero attached hydrogens (tertiary/aromatic N) is 2. The van der Waals surface area contributed by atoms with Crippen molar-refractivity contribution in [1.82, 2.24) is 10.1 Å². The van der Waals surface area contributed by atoms with Gasteiger partial charge >= 0.3 is 0 Å². The van der Waals surface area contributed by atoms with Gasteiger partial charge in [-0.25, -0.2) is 0 Å². The highest BCUT2D eigenvalue weighted by Gasteiger charge is 2.10. The molecule has 0 aliphatic rings. The maximum atomic E-state index is 5.47. The number of benzene rings is 1. The smallest absolute Gasteiger partial charge is 0.226 e. The maximum absolute atomic E-state index is 5.47. The fourth-order valence-corrected chi connectivity index (χ4v) is 2.59. The van der Waals surface area contributed by atoms with Crippen LogP contribution < -0.4 is 10.5 Å². The minimum Gasteiger partial charge on any atom is -0.496 e. The minimum atomic E-state index is 0.607. The van der Waals surface area contributed by atoms with Gasteiger partial charge in [0.05, 0.1) is 11.6 Å². The van der Waals surface area contributed by atoms with Gasteiger partial charge in [0.25, 0.3) is 0 Å². The number of ether oxygens (including phenoxy) is 1. The average molecular weight is 354 g/mol. The van der Waals surface area contributed by atoms with Gasteiger partial charge in [0.2, 0.25) is 11.7 Å². The van der Waals surface area contributed by atoms with Crippen molar-refractivity contribution in [3.05, 3.63) is 28.6 Å². The molecule has 2 rings (SSSR count). The Labute approximate surface area is 133 Å². The highest BCUT2D eigenvalue weighted by Crippen LogP contribution is 2.29. The number of methoxy groups -OCH3 is 1. The number of aryl methyl sites for hydroxylation is 1. The van der Waals surface area contributed by atoms with E-state index in [1.165, 1.54) is 0 Å². The number of hydrogen-bond donors (Lipinski definition) is 1. The van der Waals surface area contributed by atoms with Crippen LogP contribution in [0.5, 0.6) is 5.75 Å². The molecular formula is C15H20BrN3O2. The fourth-order valence-electron chi connectivity index (χ4n) is 2.05. The van der Waals surface area contributed by atoms with Gasteiger partial charge in [-0.15, -0.1) is 0 Å². The summed E-state index contributed by atoms with van der Waals surface area (Å²) in [4.78, 5) is 4.43. The number of aromatic nitrogens is 2. The van der Waals surface area contributed by atoms with Gasteiger partial charge in [0.1, 0.15) is 5.75 Å². The topological polar surface area (TPSA) is 74.2 Å². The van der Waals surface area contributed by atoms with Crippen LogP contribution in [0.2, 0.25) is 0 Å². The number of unbranched alkanes of at least 4 members (excludes halogenated alkanes) is 3. The fraction of sp³-hybridized carbons (Fsp3) is 0.467. The summed E-state index contributed by atoms with van der Waals surface area (Å²) >= 11 is 3.46. The molecule has 1 aromatic carbocycles. The van der Waals surface area contributed by atoms with Gasteiger partial charge < -0.3 is 15.0 Å². The third kappa shape index (κ3) is 4.54. The van der Waals surface area contributed by atoms with Crippen molar-refractivity contribution >= 4 is 15.9 Å². The lowest BCUT2D eigenvalue weighted by molar-refractivity contribution is 0.374. The Hall–Kier alpha value is -1.40. The molecule has 21 heavy (non-hydrogen) atoms. The van der Waals surface area contributed by atoms with E-state index in [0.717, 1.165) is 54.4 Å². The van der Waals surface area contributed by atoms with Gasteiger partial charge in [0.15, 0.2) is 0 Å². The van der Waals surface area contributed by atoms with E-state index in [1.54, 1.807) is 7.11 Å². The maximum Gasteiger partial charge on any atom is 0.226 e. The first-order chi connectivity index (χ1) is 10.2. The molecule has 0 radical (unpaired) electrons. The predicted molar refractivity (Wildman–Crippen MR) is 85.2 cm³/mol. The number of nitrogens with two attached hydrogens (primary N) is 1. The van der Waals surface area contributed by atoms with Crippen LogP contribution in [0.1, 0.15) is 31.6 Å². The van der Waals surface area contributed by atoms with Gasteiger partial charge in [-0.05, 0) is 53.5 Å². The van der Waals surface area contributed by atoms with Crippen LogP contribution in [-0.4, -0.2) is 23.8 Å². The molecular weight excluding hydrogens is 334 g/mol. The zero-order valence-corrected chi connectivity index (χ0v) is 13.7. The second kappa shape index (κ2) is 8.14. The van der Waals surface area contributed by atoms with Crippen LogP contribution in [0.15, 0.2) is 27.2 Å². The summed E-state index contributed by atoms with van der Waals surface area (Å²) in [5.74, 6) is 2.07. The second-order valence-corrected chi connectivity index (χ2v) is 5.67. The predicted octanol–water partition coefficient (Wildman–Crippen LogP) is 3.57. The minimum absolute atomic E-state index is 0.607. The van der Waals surface area contributed by atoms with Gasteiger partial charge in [-0.2, -0.15) is 4.98 Å². The van der Waals surface area contributed by atoms with Crippen LogP contribution in [0, 0.1) is 0 Å². The monoisotopic (exact) mass is 353 g/mol. The molecule has 0 fully saturated rings. The Morgan fingerprint density at radius 1 is 1.24 bits per heavy atom. The normalized spacial score (nSPS) is 10.8. The zero-order chi connectivity index (χ0) is 15.1. The van der Waals surface area contributed by atoms with E-state index in [9.17, 15) is 0 Å². The Balaban J connectivity index is 1.94. The number of halogens is 1. The van der Waals surface area contributed by atoms with E-state index in [1.807, 2.05) is 18.2 Å². The first-order valence-electron chi connectivity index (χ1n) is 7.11. The molecule has 0 saturated carbocycles. The Bertz CT molecular complexity index is 572. The Morgan fingerprint density at radius 2 is 2.05 bits per heavy atom. The summed E-state index contributed by atoms with van der Waals surface area (Å²) in [6.07, 6.45) is 5.24. The van der Waals surface area contributed by atoms with Crippen LogP contribution in [0.25, 0.3) is 11.4 Å². The van der Waals surface area contributed by atoms with E-state index < -0.39 is 0 Å². The summed E-state index contributed by atoms with van der Waals surface area (Å²) in [6.45, 7) is 0.761. The Kier molecular flexibility index (Phi) is 6.20. The molecule has 0 spiro atoms. The summed E-state index contributed by atoms with van der Waals surface area (Å²) in [5.41, 5.74) is 6.37. The molecule has 1 aromatic heterocycles. The summed E-state index contributed by atoms with van der Waals surface area (Å²) < 4.78 is 11.4. The van der Waals surface area contributed by atoms with E-state index >= 15 is 0 Å². The first-order valence-corrected chi connectivity index (χ1v) is 7.90. The number of hydrogen-bond acceptors (Lipinski definition) is 5.